The zero-order valence-corrected chi connectivity index (χ0v) is 21.3. The molecule has 2 heterocycles. The molecule has 1 unspecified atom stereocenters. The van der Waals surface area contributed by atoms with Gasteiger partial charge in [-0.3, -0.25) is 9.89 Å². The van der Waals surface area contributed by atoms with Crippen molar-refractivity contribution in [1.29, 1.82) is 0 Å². The Morgan fingerprint density at radius 3 is 2.22 bits per heavy atom. The van der Waals surface area contributed by atoms with Crippen molar-refractivity contribution in [1.82, 2.24) is 15.1 Å². The van der Waals surface area contributed by atoms with E-state index in [0.717, 1.165) is 46.7 Å². The van der Waals surface area contributed by atoms with Crippen molar-refractivity contribution >= 4 is 5.91 Å². The van der Waals surface area contributed by atoms with E-state index in [1.54, 1.807) is 0 Å². The first-order valence-corrected chi connectivity index (χ1v) is 12.8. The number of hydrogen-bond donors (Lipinski definition) is 1. The first kappa shape index (κ1) is 23.9. The quantitative estimate of drug-likeness (QED) is 0.263. The number of carbonyl (C=O) groups excluding carboxylic acids is 1. The molecular weight excluding hydrogens is 446 g/mol. The number of fused-ring (bicyclic) bond motifs is 1. The lowest BCUT2D eigenvalue weighted by Crippen LogP contribution is -2.29. The summed E-state index contributed by atoms with van der Waals surface area (Å²) < 4.78 is 5.94. The summed E-state index contributed by atoms with van der Waals surface area (Å²) in [4.78, 5) is 15.6. The predicted octanol–water partition coefficient (Wildman–Crippen LogP) is 7.01. The van der Waals surface area contributed by atoms with Gasteiger partial charge in [-0.25, -0.2) is 0 Å². The highest BCUT2D eigenvalue weighted by Crippen LogP contribution is 2.43. The molecule has 4 aromatic rings. The number of benzene rings is 3. The van der Waals surface area contributed by atoms with E-state index < -0.39 is 0 Å². The summed E-state index contributed by atoms with van der Waals surface area (Å²) in [5.41, 5.74) is 7.88. The molecule has 184 valence electrons. The summed E-state index contributed by atoms with van der Waals surface area (Å²) in [5.74, 6) is 0.830. The molecule has 3 aromatic carbocycles. The fourth-order valence-electron chi connectivity index (χ4n) is 4.82. The van der Waals surface area contributed by atoms with Gasteiger partial charge in [-0.1, -0.05) is 91.6 Å². The number of aromatic amines is 1. The molecule has 5 heteroatoms. The highest BCUT2D eigenvalue weighted by molar-refractivity contribution is 6.00. The van der Waals surface area contributed by atoms with Gasteiger partial charge >= 0.3 is 0 Å². The second-order valence-electron chi connectivity index (χ2n) is 9.67. The summed E-state index contributed by atoms with van der Waals surface area (Å²) in [5, 5.41) is 7.65. The normalized spacial score (nSPS) is 14.8. The van der Waals surface area contributed by atoms with Gasteiger partial charge < -0.3 is 9.64 Å². The molecule has 5 rings (SSSR count). The highest BCUT2D eigenvalue weighted by atomic mass is 16.5. The van der Waals surface area contributed by atoms with Gasteiger partial charge in [0.05, 0.1) is 18.3 Å². The Bertz CT molecular complexity index is 1320. The van der Waals surface area contributed by atoms with Gasteiger partial charge in [0.15, 0.2) is 0 Å². The largest absolute Gasteiger partial charge is 0.494 e. The van der Waals surface area contributed by atoms with E-state index in [1.165, 1.54) is 24.0 Å². The molecule has 0 fully saturated rings. The Morgan fingerprint density at radius 2 is 1.56 bits per heavy atom. The summed E-state index contributed by atoms with van der Waals surface area (Å²) in [6.07, 6.45) is 3.39. The molecule has 1 aliphatic heterocycles. The SMILES string of the molecule is CCCCCOc1ccc(C2c3c(-c4ccc(C)cc4)n[nH]c3C(=O)N2Cc2ccc(C)cc2)cc1. The summed E-state index contributed by atoms with van der Waals surface area (Å²) in [6, 6.07) is 24.6. The van der Waals surface area contributed by atoms with E-state index in [9.17, 15) is 4.79 Å². The molecular formula is C31H33N3O2. The third-order valence-corrected chi connectivity index (χ3v) is 6.87. The Labute approximate surface area is 213 Å². The zero-order chi connectivity index (χ0) is 25.1. The first-order valence-electron chi connectivity index (χ1n) is 12.8. The zero-order valence-electron chi connectivity index (χ0n) is 21.3. The van der Waals surface area contributed by atoms with Crippen LogP contribution in [0.15, 0.2) is 72.8 Å². The number of nitrogens with zero attached hydrogens (tertiary/aromatic N) is 2. The maximum Gasteiger partial charge on any atom is 0.273 e. The number of ether oxygens (including phenoxy) is 1. The molecule has 0 saturated heterocycles. The summed E-state index contributed by atoms with van der Waals surface area (Å²) in [6.45, 7) is 7.58. The molecule has 0 radical (unpaired) electrons. The Morgan fingerprint density at radius 1 is 0.889 bits per heavy atom. The van der Waals surface area contributed by atoms with Gasteiger partial charge in [0.25, 0.3) is 5.91 Å². The van der Waals surface area contributed by atoms with E-state index >= 15 is 0 Å². The molecule has 36 heavy (non-hydrogen) atoms. The fourth-order valence-corrected chi connectivity index (χ4v) is 4.82. The van der Waals surface area contributed by atoms with Crippen LogP contribution in [0.3, 0.4) is 0 Å². The van der Waals surface area contributed by atoms with Crippen LogP contribution in [0.1, 0.15) is 70.5 Å². The smallest absolute Gasteiger partial charge is 0.273 e. The van der Waals surface area contributed by atoms with Crippen molar-refractivity contribution in [3.8, 4) is 17.0 Å². The van der Waals surface area contributed by atoms with Crippen LogP contribution in [0.2, 0.25) is 0 Å². The van der Waals surface area contributed by atoms with Gasteiger partial charge in [0.1, 0.15) is 11.4 Å². The molecule has 1 atom stereocenters. The molecule has 1 amide bonds. The van der Waals surface area contributed by atoms with Gasteiger partial charge in [0.2, 0.25) is 0 Å². The van der Waals surface area contributed by atoms with E-state index in [2.05, 4.69) is 91.6 Å². The minimum Gasteiger partial charge on any atom is -0.494 e. The van der Waals surface area contributed by atoms with Gasteiger partial charge in [-0.2, -0.15) is 5.10 Å². The van der Waals surface area contributed by atoms with Crippen molar-refractivity contribution in [2.24, 2.45) is 0 Å². The van der Waals surface area contributed by atoms with Crippen molar-refractivity contribution in [3.63, 3.8) is 0 Å². The minimum atomic E-state index is -0.238. The second kappa shape index (κ2) is 10.4. The number of amides is 1. The van der Waals surface area contributed by atoms with Crippen LogP contribution in [0.25, 0.3) is 11.3 Å². The number of hydrogen-bond acceptors (Lipinski definition) is 3. The van der Waals surface area contributed by atoms with Crippen LogP contribution in [-0.4, -0.2) is 27.6 Å². The maximum atomic E-state index is 13.7. The number of unbranched alkanes of at least 4 members (excludes halogenated alkanes) is 2. The molecule has 0 spiro atoms. The Balaban J connectivity index is 1.51. The molecule has 5 nitrogen and oxygen atoms in total. The summed E-state index contributed by atoms with van der Waals surface area (Å²) in [7, 11) is 0. The molecule has 0 aliphatic carbocycles. The van der Waals surface area contributed by atoms with Crippen LogP contribution in [0, 0.1) is 13.8 Å². The van der Waals surface area contributed by atoms with E-state index in [1.807, 2.05) is 17.0 Å². The third kappa shape index (κ3) is 4.78. The third-order valence-electron chi connectivity index (χ3n) is 6.87. The fraction of sp³-hybridized carbons (Fsp3) is 0.290. The van der Waals surface area contributed by atoms with E-state index in [0.29, 0.717) is 12.2 Å². The maximum absolute atomic E-state index is 13.7. The Kier molecular flexibility index (Phi) is 6.90. The van der Waals surface area contributed by atoms with Crippen LogP contribution in [0.5, 0.6) is 5.75 Å². The number of aromatic nitrogens is 2. The molecule has 0 bridgehead atoms. The standard InChI is InChI=1S/C31H33N3O2/c1-4-5-6-19-36-26-17-15-25(16-18-26)30-27-28(24-13-9-22(3)10-14-24)32-33-29(27)31(35)34(30)20-23-11-7-21(2)8-12-23/h7-18,30H,4-6,19-20H2,1-3H3,(H,32,33). The number of H-pyrrole nitrogens is 1. The topological polar surface area (TPSA) is 58.2 Å². The minimum absolute atomic E-state index is 0.0265. The van der Waals surface area contributed by atoms with Gasteiger partial charge in [-0.05, 0) is 43.5 Å². The molecule has 1 aliphatic rings. The average molecular weight is 480 g/mol. The van der Waals surface area contributed by atoms with E-state index in [-0.39, 0.29) is 11.9 Å². The lowest BCUT2D eigenvalue weighted by molar-refractivity contribution is 0.0730. The number of carbonyl (C=O) groups is 1. The number of rotatable bonds is 9. The van der Waals surface area contributed by atoms with Crippen molar-refractivity contribution in [2.75, 3.05) is 6.61 Å². The molecule has 0 saturated carbocycles. The lowest BCUT2D eigenvalue weighted by Gasteiger charge is -2.27. The van der Waals surface area contributed by atoms with Crippen molar-refractivity contribution in [3.05, 3.63) is 106 Å². The van der Waals surface area contributed by atoms with Crippen LogP contribution >= 0.6 is 0 Å². The van der Waals surface area contributed by atoms with Crippen LogP contribution in [0.4, 0.5) is 0 Å². The monoisotopic (exact) mass is 479 g/mol. The molecule has 1 N–H and O–H groups in total. The average Bonchev–Trinajstić information content (AvgIpc) is 3.43. The molecule has 1 aromatic heterocycles. The highest BCUT2D eigenvalue weighted by Gasteiger charge is 2.42. The van der Waals surface area contributed by atoms with Crippen molar-refractivity contribution < 1.29 is 9.53 Å². The second-order valence-corrected chi connectivity index (χ2v) is 9.67. The lowest BCUT2D eigenvalue weighted by atomic mass is 9.95. The predicted molar refractivity (Wildman–Crippen MR) is 143 cm³/mol. The van der Waals surface area contributed by atoms with Crippen molar-refractivity contribution in [2.45, 2.75) is 52.6 Å². The number of nitrogens with one attached hydrogen (secondary N) is 1. The van der Waals surface area contributed by atoms with Gasteiger partial charge in [-0.15, -0.1) is 0 Å². The van der Waals surface area contributed by atoms with E-state index in [4.69, 9.17) is 4.74 Å². The van der Waals surface area contributed by atoms with Crippen LogP contribution < -0.4 is 4.74 Å². The van der Waals surface area contributed by atoms with Gasteiger partial charge in [0, 0.05) is 17.7 Å². The van der Waals surface area contributed by atoms with Crippen LogP contribution in [-0.2, 0) is 6.54 Å². The first-order chi connectivity index (χ1) is 17.5. The number of aryl methyl sites for hydroxylation is 2. The Hall–Kier alpha value is -3.86. The summed E-state index contributed by atoms with van der Waals surface area (Å²) >= 11 is 0.